The van der Waals surface area contributed by atoms with Crippen molar-refractivity contribution in [3.8, 4) is 0 Å². The number of benzene rings is 2. The molecular formula is C24H32N2O2. The molecule has 2 unspecified atom stereocenters. The van der Waals surface area contributed by atoms with Crippen molar-refractivity contribution in [1.29, 1.82) is 0 Å². The smallest absolute Gasteiger partial charge is 0.242 e. The molecule has 0 saturated carbocycles. The SMILES string of the molecule is CCC(C)NC(=O)C(C)N(Cc1ccccc1)C(=O)Cc1cc(C)cc(C)c1. The fraction of sp³-hybridized carbons (Fsp3) is 0.417. The second-order valence-corrected chi connectivity index (χ2v) is 7.67. The topological polar surface area (TPSA) is 49.4 Å². The van der Waals surface area contributed by atoms with Gasteiger partial charge in [-0.3, -0.25) is 9.59 Å². The third kappa shape index (κ3) is 6.22. The van der Waals surface area contributed by atoms with E-state index in [-0.39, 0.29) is 24.3 Å². The third-order valence-electron chi connectivity index (χ3n) is 5.00. The van der Waals surface area contributed by atoms with E-state index in [0.29, 0.717) is 6.54 Å². The van der Waals surface area contributed by atoms with Crippen molar-refractivity contribution in [3.63, 3.8) is 0 Å². The van der Waals surface area contributed by atoms with Crippen LogP contribution >= 0.6 is 0 Å². The summed E-state index contributed by atoms with van der Waals surface area (Å²) in [6.45, 7) is 10.3. The van der Waals surface area contributed by atoms with Gasteiger partial charge >= 0.3 is 0 Å². The minimum Gasteiger partial charge on any atom is -0.352 e. The van der Waals surface area contributed by atoms with E-state index in [4.69, 9.17) is 0 Å². The van der Waals surface area contributed by atoms with Gasteiger partial charge in [-0.25, -0.2) is 0 Å². The maximum absolute atomic E-state index is 13.2. The van der Waals surface area contributed by atoms with Crippen molar-refractivity contribution in [2.24, 2.45) is 0 Å². The molecule has 4 nitrogen and oxygen atoms in total. The Morgan fingerprint density at radius 3 is 2.14 bits per heavy atom. The zero-order chi connectivity index (χ0) is 20.7. The van der Waals surface area contributed by atoms with Crippen molar-refractivity contribution < 1.29 is 9.59 Å². The van der Waals surface area contributed by atoms with Crippen molar-refractivity contribution in [2.45, 2.75) is 66.1 Å². The van der Waals surface area contributed by atoms with Gasteiger partial charge in [0.05, 0.1) is 6.42 Å². The van der Waals surface area contributed by atoms with E-state index in [1.807, 2.05) is 70.2 Å². The molecule has 2 rings (SSSR count). The van der Waals surface area contributed by atoms with Crippen LogP contribution in [0, 0.1) is 13.8 Å². The molecule has 0 aliphatic rings. The summed E-state index contributed by atoms with van der Waals surface area (Å²) in [7, 11) is 0. The van der Waals surface area contributed by atoms with Crippen molar-refractivity contribution in [2.75, 3.05) is 0 Å². The van der Waals surface area contributed by atoms with E-state index in [0.717, 1.165) is 28.7 Å². The van der Waals surface area contributed by atoms with Crippen molar-refractivity contribution >= 4 is 11.8 Å². The van der Waals surface area contributed by atoms with Crippen LogP contribution < -0.4 is 5.32 Å². The minimum atomic E-state index is -0.535. The molecule has 2 aromatic rings. The van der Waals surface area contributed by atoms with Crippen molar-refractivity contribution in [3.05, 3.63) is 70.8 Å². The number of carbonyl (C=O) groups excluding carboxylic acids is 2. The van der Waals surface area contributed by atoms with Gasteiger partial charge in [0.2, 0.25) is 11.8 Å². The first-order valence-corrected chi connectivity index (χ1v) is 10.0. The normalized spacial score (nSPS) is 12.9. The Kier molecular flexibility index (Phi) is 7.80. The van der Waals surface area contributed by atoms with Gasteiger partial charge < -0.3 is 10.2 Å². The number of hydrogen-bond acceptors (Lipinski definition) is 2. The Balaban J connectivity index is 2.23. The van der Waals surface area contributed by atoms with Crippen LogP contribution in [0.1, 0.15) is 49.4 Å². The van der Waals surface area contributed by atoms with E-state index in [9.17, 15) is 9.59 Å². The fourth-order valence-electron chi connectivity index (χ4n) is 3.28. The van der Waals surface area contributed by atoms with E-state index in [2.05, 4.69) is 11.4 Å². The highest BCUT2D eigenvalue weighted by atomic mass is 16.2. The molecule has 0 bridgehead atoms. The second-order valence-electron chi connectivity index (χ2n) is 7.67. The highest BCUT2D eigenvalue weighted by Crippen LogP contribution is 2.15. The molecule has 1 N–H and O–H groups in total. The van der Waals surface area contributed by atoms with E-state index < -0.39 is 6.04 Å². The van der Waals surface area contributed by atoms with E-state index in [1.165, 1.54) is 0 Å². The molecule has 0 heterocycles. The third-order valence-corrected chi connectivity index (χ3v) is 5.00. The summed E-state index contributed by atoms with van der Waals surface area (Å²) in [5.41, 5.74) is 4.27. The van der Waals surface area contributed by atoms with Crippen LogP contribution in [0.4, 0.5) is 0 Å². The van der Waals surface area contributed by atoms with Crippen molar-refractivity contribution in [1.82, 2.24) is 10.2 Å². The van der Waals surface area contributed by atoms with Crippen LogP contribution in [0.5, 0.6) is 0 Å². The van der Waals surface area contributed by atoms with Gasteiger partial charge in [0.15, 0.2) is 0 Å². The lowest BCUT2D eigenvalue weighted by atomic mass is 10.0. The molecule has 0 fully saturated rings. The predicted octanol–water partition coefficient (Wildman–Crippen LogP) is 4.18. The number of rotatable bonds is 8. The van der Waals surface area contributed by atoms with Crippen LogP contribution in [-0.4, -0.2) is 28.8 Å². The molecule has 2 amide bonds. The maximum Gasteiger partial charge on any atom is 0.242 e. The Hall–Kier alpha value is -2.62. The summed E-state index contributed by atoms with van der Waals surface area (Å²) in [6.07, 6.45) is 1.14. The van der Waals surface area contributed by atoms with E-state index >= 15 is 0 Å². The number of carbonyl (C=O) groups is 2. The summed E-state index contributed by atoms with van der Waals surface area (Å²) < 4.78 is 0. The first kappa shape index (κ1) is 21.7. The Morgan fingerprint density at radius 2 is 1.57 bits per heavy atom. The van der Waals surface area contributed by atoms with Gasteiger partial charge in [0, 0.05) is 12.6 Å². The molecule has 0 aliphatic carbocycles. The molecule has 0 aliphatic heterocycles. The molecule has 4 heteroatoms. The summed E-state index contributed by atoms with van der Waals surface area (Å²) in [6, 6.07) is 15.5. The number of nitrogens with one attached hydrogen (secondary N) is 1. The molecule has 28 heavy (non-hydrogen) atoms. The van der Waals surface area contributed by atoms with Gasteiger partial charge in [-0.1, -0.05) is 66.6 Å². The van der Waals surface area contributed by atoms with Gasteiger partial charge in [-0.05, 0) is 45.2 Å². The van der Waals surface area contributed by atoms with Gasteiger partial charge in [0.1, 0.15) is 6.04 Å². The van der Waals surface area contributed by atoms with Crippen LogP contribution in [-0.2, 0) is 22.6 Å². The first-order valence-electron chi connectivity index (χ1n) is 10.0. The Labute approximate surface area is 169 Å². The summed E-state index contributed by atoms with van der Waals surface area (Å²) in [4.78, 5) is 27.6. The molecule has 2 aromatic carbocycles. The summed E-state index contributed by atoms with van der Waals surface area (Å²) >= 11 is 0. The lowest BCUT2D eigenvalue weighted by Crippen LogP contribution is -2.49. The standard InChI is InChI=1S/C24H32N2O2/c1-6-19(4)25-24(28)20(5)26(16-21-10-8-7-9-11-21)23(27)15-22-13-17(2)12-18(3)14-22/h7-14,19-20H,6,15-16H2,1-5H3,(H,25,28). The molecule has 0 saturated heterocycles. The highest BCUT2D eigenvalue weighted by Gasteiger charge is 2.26. The quantitative estimate of drug-likeness (QED) is 0.747. The summed E-state index contributed by atoms with van der Waals surface area (Å²) in [5.74, 6) is -0.153. The van der Waals surface area contributed by atoms with E-state index in [1.54, 1.807) is 11.8 Å². The number of nitrogens with zero attached hydrogens (tertiary/aromatic N) is 1. The molecule has 0 aromatic heterocycles. The number of amides is 2. The first-order chi connectivity index (χ1) is 13.3. The van der Waals surface area contributed by atoms with Crippen LogP contribution in [0.25, 0.3) is 0 Å². The lowest BCUT2D eigenvalue weighted by Gasteiger charge is -2.30. The lowest BCUT2D eigenvalue weighted by molar-refractivity contribution is -0.140. The second kappa shape index (κ2) is 10.1. The average molecular weight is 381 g/mol. The molecule has 150 valence electrons. The summed E-state index contributed by atoms with van der Waals surface area (Å²) in [5, 5.41) is 3.00. The van der Waals surface area contributed by atoms with Crippen LogP contribution in [0.3, 0.4) is 0 Å². The average Bonchev–Trinajstić information content (AvgIpc) is 2.65. The monoisotopic (exact) mass is 380 g/mol. The van der Waals surface area contributed by atoms with Gasteiger partial charge in [0.25, 0.3) is 0 Å². The fourth-order valence-corrected chi connectivity index (χ4v) is 3.28. The molecule has 2 atom stereocenters. The number of aryl methyl sites for hydroxylation is 2. The van der Waals surface area contributed by atoms with Gasteiger partial charge in [-0.15, -0.1) is 0 Å². The largest absolute Gasteiger partial charge is 0.352 e. The molecule has 0 radical (unpaired) electrons. The number of hydrogen-bond donors (Lipinski definition) is 1. The zero-order valence-corrected chi connectivity index (χ0v) is 17.7. The molecule has 0 spiro atoms. The Bertz CT molecular complexity index is 781. The zero-order valence-electron chi connectivity index (χ0n) is 17.7. The van der Waals surface area contributed by atoms with Gasteiger partial charge in [-0.2, -0.15) is 0 Å². The van der Waals surface area contributed by atoms with Crippen LogP contribution in [0.15, 0.2) is 48.5 Å². The Morgan fingerprint density at radius 1 is 0.964 bits per heavy atom. The highest BCUT2D eigenvalue weighted by molar-refractivity contribution is 5.88. The minimum absolute atomic E-state index is 0.0411. The maximum atomic E-state index is 13.2. The predicted molar refractivity (Wildman–Crippen MR) is 114 cm³/mol. The van der Waals surface area contributed by atoms with Crippen LogP contribution in [0.2, 0.25) is 0 Å². The molecular weight excluding hydrogens is 348 g/mol.